The number of hydrogen-bond donors (Lipinski definition) is 9. The maximum atomic E-state index is 13.3. The second-order valence-corrected chi connectivity index (χ2v) is 17.4. The van der Waals surface area contributed by atoms with E-state index in [0.717, 1.165) is 38.8 Å². The van der Waals surface area contributed by atoms with Crippen molar-refractivity contribution >= 4 is 36.7 Å². The van der Waals surface area contributed by atoms with Gasteiger partial charge in [0.25, 0.3) is 0 Å². The minimum Gasteiger partial charge on any atom is -0.404 e. The molecule has 4 rings (SSSR count). The first-order valence-corrected chi connectivity index (χ1v) is 22.7. The molecule has 17 heteroatoms. The molecule has 5 unspecified atom stereocenters. The van der Waals surface area contributed by atoms with Crippen molar-refractivity contribution in [2.75, 3.05) is 45.7 Å². The molecule has 5 amide bonds. The average Bonchev–Trinajstić information content (AvgIpc) is 3.55. The smallest absolute Gasteiger partial charge is 0.404 e. The summed E-state index contributed by atoms with van der Waals surface area (Å²) in [6.07, 6.45) is 14.9. The van der Waals surface area contributed by atoms with Crippen LogP contribution in [0.25, 0.3) is 0 Å². The van der Waals surface area contributed by atoms with Gasteiger partial charge >= 0.3 is 7.12 Å². The van der Waals surface area contributed by atoms with Crippen LogP contribution in [0, 0.1) is 17.3 Å². The first-order chi connectivity index (χ1) is 28.1. The van der Waals surface area contributed by atoms with Crippen LogP contribution in [-0.2, 0) is 33.3 Å². The first-order valence-electron chi connectivity index (χ1n) is 22.7. The Balaban J connectivity index is 0.00000225. The maximum Gasteiger partial charge on any atom is 0.478 e. The lowest BCUT2D eigenvalue weighted by Gasteiger charge is -2.64. The second-order valence-electron chi connectivity index (χ2n) is 17.4. The van der Waals surface area contributed by atoms with Crippen LogP contribution in [-0.4, -0.2) is 117 Å². The molecular formula is C42H81BN8O8. The average molecular weight is 837 g/mol. The standard InChI is InChI=1S/C38H70BN7O8.C4H11N/c1-6-7-8-9-10-11-12-15-19-41-20-17-31(48)42-23-33(50)46-34(26(2)47)36(52)43-24-32(49)45-28(16-13-14-18-40)35(51)44-25-39-53-30-22-27-21-29(37(27,3)4)38(30,5)54-39;1-2-3-4-5/h26-30,34,41,47H,6-25,40H2,1-5H3,(H,42,48)(H,43,52)(H,44,51)(H,45,49)(H,46,50);2-5H2,1H3/t26?,27?,28?,29?,30-,34?,38+;/m1./s1. The van der Waals surface area contributed by atoms with Crippen molar-refractivity contribution in [3.63, 3.8) is 0 Å². The van der Waals surface area contributed by atoms with Gasteiger partial charge < -0.3 is 57.8 Å². The van der Waals surface area contributed by atoms with Gasteiger partial charge in [-0.15, -0.1) is 0 Å². The Hall–Kier alpha value is -2.83. The summed E-state index contributed by atoms with van der Waals surface area (Å²) < 4.78 is 12.6. The molecule has 0 aromatic carbocycles. The van der Waals surface area contributed by atoms with E-state index in [1.54, 1.807) is 0 Å². The Kier molecular flexibility index (Phi) is 24.7. The van der Waals surface area contributed by atoms with E-state index in [-0.39, 0.29) is 36.8 Å². The largest absolute Gasteiger partial charge is 0.478 e. The minimum absolute atomic E-state index is 0.0181. The molecule has 3 aliphatic carbocycles. The summed E-state index contributed by atoms with van der Waals surface area (Å²) in [6, 6.07) is -2.25. The summed E-state index contributed by atoms with van der Waals surface area (Å²) in [6.45, 7) is 14.1. The van der Waals surface area contributed by atoms with Crippen molar-refractivity contribution < 1.29 is 38.4 Å². The molecular weight excluding hydrogens is 755 g/mol. The molecule has 1 saturated heterocycles. The molecule has 0 spiro atoms. The van der Waals surface area contributed by atoms with Gasteiger partial charge in [0.1, 0.15) is 12.1 Å². The van der Waals surface area contributed by atoms with Crippen LogP contribution in [0.1, 0.15) is 144 Å². The van der Waals surface area contributed by atoms with Crippen molar-refractivity contribution in [3.05, 3.63) is 0 Å². The van der Waals surface area contributed by atoms with Crippen molar-refractivity contribution in [3.8, 4) is 0 Å². The van der Waals surface area contributed by atoms with Crippen molar-refractivity contribution in [1.82, 2.24) is 31.9 Å². The lowest BCUT2D eigenvalue weighted by molar-refractivity contribution is -0.199. The molecule has 2 bridgehead atoms. The molecule has 0 radical (unpaired) electrons. The SMILES string of the molecule is CCCCCCCCCCNCCC(=O)NCC(=O)NC(C(=O)NCC(=O)NC(CCCCN)C(=O)NCB1O[C@@H]2CC3CC(C3(C)C)[C@]2(C)O1)C(C)O.CCCCN. The third kappa shape index (κ3) is 18.0. The van der Waals surface area contributed by atoms with Gasteiger partial charge in [-0.2, -0.15) is 0 Å². The summed E-state index contributed by atoms with van der Waals surface area (Å²) in [4.78, 5) is 63.8. The predicted molar refractivity (Wildman–Crippen MR) is 232 cm³/mol. The predicted octanol–water partition coefficient (Wildman–Crippen LogP) is 1.95. The van der Waals surface area contributed by atoms with E-state index in [2.05, 4.69) is 66.5 Å². The Morgan fingerprint density at radius 3 is 1.98 bits per heavy atom. The molecule has 1 aliphatic heterocycles. The highest BCUT2D eigenvalue weighted by Crippen LogP contribution is 2.65. The monoisotopic (exact) mass is 837 g/mol. The zero-order chi connectivity index (χ0) is 43.8. The number of nitrogens with one attached hydrogen (secondary N) is 6. The lowest BCUT2D eigenvalue weighted by Crippen LogP contribution is -2.65. The summed E-state index contributed by atoms with van der Waals surface area (Å²) in [7, 11) is -0.592. The number of aliphatic hydroxyl groups is 1. The highest BCUT2D eigenvalue weighted by Gasteiger charge is 2.67. The number of aliphatic hydroxyl groups excluding tert-OH is 1. The van der Waals surface area contributed by atoms with Gasteiger partial charge in [-0.1, -0.05) is 79.1 Å². The molecule has 4 fully saturated rings. The van der Waals surface area contributed by atoms with E-state index < -0.39 is 61.1 Å². The Labute approximate surface area is 354 Å². The molecule has 16 nitrogen and oxygen atoms in total. The number of rotatable bonds is 29. The summed E-state index contributed by atoms with van der Waals surface area (Å²) in [5, 5.41) is 26.4. The lowest BCUT2D eigenvalue weighted by atomic mass is 9.43. The van der Waals surface area contributed by atoms with Gasteiger partial charge in [-0.25, -0.2) is 0 Å². The van der Waals surface area contributed by atoms with Gasteiger partial charge in [0.15, 0.2) is 0 Å². The topological polar surface area (TPSA) is 248 Å². The van der Waals surface area contributed by atoms with Crippen LogP contribution in [0.3, 0.4) is 0 Å². The molecule has 3 saturated carbocycles. The molecule has 7 atom stereocenters. The third-order valence-electron chi connectivity index (χ3n) is 12.3. The number of carbonyl (C=O) groups excluding carboxylic acids is 5. The quantitative estimate of drug-likeness (QED) is 0.0389. The van der Waals surface area contributed by atoms with E-state index in [0.29, 0.717) is 44.2 Å². The number of nitrogens with two attached hydrogens (primary N) is 2. The first kappa shape index (κ1) is 52.3. The highest BCUT2D eigenvalue weighted by molar-refractivity contribution is 6.46. The van der Waals surface area contributed by atoms with Crippen LogP contribution in [0.5, 0.6) is 0 Å². The maximum absolute atomic E-state index is 13.3. The fraction of sp³-hybridized carbons (Fsp3) is 0.881. The van der Waals surface area contributed by atoms with E-state index >= 15 is 0 Å². The van der Waals surface area contributed by atoms with Crippen molar-refractivity contribution in [2.24, 2.45) is 28.7 Å². The number of unbranched alkanes of at least 4 members (excludes halogenated alkanes) is 9. The molecule has 59 heavy (non-hydrogen) atoms. The second kappa shape index (κ2) is 27.9. The number of amides is 5. The van der Waals surface area contributed by atoms with E-state index in [9.17, 15) is 29.1 Å². The zero-order valence-electron chi connectivity index (χ0n) is 37.3. The molecule has 4 aliphatic rings. The van der Waals surface area contributed by atoms with Gasteiger partial charge in [-0.3, -0.25) is 24.0 Å². The van der Waals surface area contributed by atoms with Crippen LogP contribution >= 0.6 is 0 Å². The Morgan fingerprint density at radius 1 is 0.746 bits per heavy atom. The normalized spacial score (nSPS) is 22.7. The van der Waals surface area contributed by atoms with Gasteiger partial charge in [0, 0.05) is 13.0 Å². The number of carbonyl (C=O) groups is 5. The molecule has 11 N–H and O–H groups in total. The zero-order valence-corrected chi connectivity index (χ0v) is 37.3. The van der Waals surface area contributed by atoms with Crippen LogP contribution < -0.4 is 43.4 Å². The molecule has 1 heterocycles. The van der Waals surface area contributed by atoms with Crippen LogP contribution in [0.4, 0.5) is 0 Å². The summed E-state index contributed by atoms with van der Waals surface area (Å²) >= 11 is 0. The van der Waals surface area contributed by atoms with Gasteiger partial charge in [-0.05, 0) is 95.7 Å². The van der Waals surface area contributed by atoms with E-state index in [1.165, 1.54) is 58.3 Å². The minimum atomic E-state index is -1.37. The highest BCUT2D eigenvalue weighted by atomic mass is 16.7. The Morgan fingerprint density at radius 2 is 1.37 bits per heavy atom. The molecule has 0 aromatic rings. The summed E-state index contributed by atoms with van der Waals surface area (Å²) in [5.74, 6) is -1.80. The Bertz CT molecular complexity index is 1280. The fourth-order valence-corrected chi connectivity index (χ4v) is 8.44. The van der Waals surface area contributed by atoms with Gasteiger partial charge in [0.05, 0.1) is 37.3 Å². The van der Waals surface area contributed by atoms with Gasteiger partial charge in [0.2, 0.25) is 29.5 Å². The van der Waals surface area contributed by atoms with E-state index in [1.807, 2.05) is 0 Å². The van der Waals surface area contributed by atoms with Crippen molar-refractivity contribution in [2.45, 2.75) is 174 Å². The third-order valence-corrected chi connectivity index (χ3v) is 12.3. The van der Waals surface area contributed by atoms with Crippen LogP contribution in [0.2, 0.25) is 0 Å². The molecule has 0 aromatic heterocycles. The van der Waals surface area contributed by atoms with Crippen molar-refractivity contribution in [1.29, 1.82) is 0 Å². The van der Waals surface area contributed by atoms with E-state index in [4.69, 9.17) is 20.8 Å². The fourth-order valence-electron chi connectivity index (χ4n) is 8.44. The summed E-state index contributed by atoms with van der Waals surface area (Å²) in [5.41, 5.74) is 10.6. The molecule has 340 valence electrons. The van der Waals surface area contributed by atoms with Crippen LogP contribution in [0.15, 0.2) is 0 Å². The number of hydrogen-bond acceptors (Lipinski definition) is 11.